The summed E-state index contributed by atoms with van der Waals surface area (Å²) in [6.07, 6.45) is 0. The Morgan fingerprint density at radius 1 is 1.12 bits per heavy atom. The summed E-state index contributed by atoms with van der Waals surface area (Å²) in [5.74, 6) is 1.66. The van der Waals surface area contributed by atoms with E-state index in [1.54, 1.807) is 12.1 Å². The molecule has 0 bridgehead atoms. The largest absolute Gasteiger partial charge is 0.490 e. The van der Waals surface area contributed by atoms with E-state index < -0.39 is 0 Å². The van der Waals surface area contributed by atoms with E-state index in [1.807, 2.05) is 32.6 Å². The minimum absolute atomic E-state index is 0.00560. The number of ether oxygens (including phenoxy) is 3. The Morgan fingerprint density at radius 2 is 1.71 bits per heavy atom. The molecular weight excluding hydrogens is 308 g/mol. The van der Waals surface area contributed by atoms with Crippen LogP contribution in [0, 0.1) is 0 Å². The molecule has 0 unspecified atom stereocenters. The molecule has 2 rings (SSSR count). The lowest BCUT2D eigenvalue weighted by Crippen LogP contribution is -2.52. The highest BCUT2D eigenvalue weighted by atomic mass is 16.5. The fourth-order valence-electron chi connectivity index (χ4n) is 2.82. The average molecular weight is 336 g/mol. The van der Waals surface area contributed by atoms with Crippen LogP contribution < -0.4 is 19.5 Å². The van der Waals surface area contributed by atoms with Crippen molar-refractivity contribution in [3.63, 3.8) is 0 Å². The monoisotopic (exact) mass is 336 g/mol. The molecule has 1 N–H and O–H groups in total. The minimum atomic E-state index is -0.00560. The number of carbonyl (C=O) groups excluding carboxylic acids is 1. The highest BCUT2D eigenvalue weighted by molar-refractivity contribution is 5.96. The van der Waals surface area contributed by atoms with Gasteiger partial charge in [0, 0.05) is 31.2 Å². The Labute approximate surface area is 144 Å². The first-order chi connectivity index (χ1) is 11.6. The Balaban J connectivity index is 2.39. The zero-order valence-electron chi connectivity index (χ0n) is 15.1. The zero-order valence-corrected chi connectivity index (χ0v) is 15.1. The van der Waals surface area contributed by atoms with E-state index in [0.717, 1.165) is 13.1 Å². The topological polar surface area (TPSA) is 60.0 Å². The number of piperazine rings is 1. The number of amides is 1. The van der Waals surface area contributed by atoms with Crippen LogP contribution in [0.15, 0.2) is 12.1 Å². The summed E-state index contributed by atoms with van der Waals surface area (Å²) in [4.78, 5) is 14.8. The summed E-state index contributed by atoms with van der Waals surface area (Å²) >= 11 is 0. The quantitative estimate of drug-likeness (QED) is 0.828. The summed E-state index contributed by atoms with van der Waals surface area (Å²) in [7, 11) is 0. The SMILES string of the molecule is CCOc1cc(C(=O)N2CCNC[C@H]2C)cc(OCC)c1OCC. The number of nitrogens with one attached hydrogen (secondary N) is 1. The minimum Gasteiger partial charge on any atom is -0.490 e. The molecule has 24 heavy (non-hydrogen) atoms. The Kier molecular flexibility index (Phi) is 6.73. The lowest BCUT2D eigenvalue weighted by molar-refractivity contribution is 0.0654. The predicted molar refractivity (Wildman–Crippen MR) is 93.3 cm³/mol. The lowest BCUT2D eigenvalue weighted by Gasteiger charge is -2.34. The molecule has 1 saturated heterocycles. The standard InChI is InChI=1S/C18H28N2O4/c1-5-22-15-10-14(11-16(23-6-2)17(15)24-7-3)18(21)20-9-8-19-12-13(20)4/h10-11,13,19H,5-9,12H2,1-4H3/t13-/m1/s1. The van der Waals surface area contributed by atoms with Crippen molar-refractivity contribution < 1.29 is 19.0 Å². The van der Waals surface area contributed by atoms with Gasteiger partial charge in [-0.25, -0.2) is 0 Å². The van der Waals surface area contributed by atoms with E-state index in [1.165, 1.54) is 0 Å². The van der Waals surface area contributed by atoms with E-state index in [9.17, 15) is 4.79 Å². The molecule has 1 aliphatic rings. The summed E-state index contributed by atoms with van der Waals surface area (Å²) in [6.45, 7) is 11.6. The highest BCUT2D eigenvalue weighted by Crippen LogP contribution is 2.39. The van der Waals surface area contributed by atoms with Crippen LogP contribution >= 0.6 is 0 Å². The second-order valence-electron chi connectivity index (χ2n) is 5.65. The van der Waals surface area contributed by atoms with Crippen LogP contribution in [-0.4, -0.2) is 56.3 Å². The Hall–Kier alpha value is -1.95. The Morgan fingerprint density at radius 3 is 2.21 bits per heavy atom. The van der Waals surface area contributed by atoms with Crippen LogP contribution in [0.4, 0.5) is 0 Å². The van der Waals surface area contributed by atoms with Crippen LogP contribution in [0.1, 0.15) is 38.1 Å². The average Bonchev–Trinajstić information content (AvgIpc) is 2.58. The van der Waals surface area contributed by atoms with Crippen molar-refractivity contribution in [1.82, 2.24) is 10.2 Å². The molecule has 6 nitrogen and oxygen atoms in total. The van der Waals surface area contributed by atoms with Gasteiger partial charge in [0.15, 0.2) is 11.5 Å². The number of carbonyl (C=O) groups is 1. The second-order valence-corrected chi connectivity index (χ2v) is 5.65. The summed E-state index contributed by atoms with van der Waals surface area (Å²) in [5, 5.41) is 3.30. The maximum atomic E-state index is 12.9. The number of hydrogen-bond acceptors (Lipinski definition) is 5. The van der Waals surface area contributed by atoms with Gasteiger partial charge in [-0.15, -0.1) is 0 Å². The van der Waals surface area contributed by atoms with Gasteiger partial charge >= 0.3 is 0 Å². The molecule has 6 heteroatoms. The van der Waals surface area contributed by atoms with E-state index in [2.05, 4.69) is 5.32 Å². The fraction of sp³-hybridized carbons (Fsp3) is 0.611. The molecule has 0 radical (unpaired) electrons. The third-order valence-corrected chi connectivity index (χ3v) is 3.92. The van der Waals surface area contributed by atoms with Gasteiger partial charge in [0.2, 0.25) is 5.75 Å². The molecule has 0 spiro atoms. The van der Waals surface area contributed by atoms with Gasteiger partial charge < -0.3 is 24.4 Å². The molecule has 1 aromatic rings. The molecule has 0 aliphatic carbocycles. The lowest BCUT2D eigenvalue weighted by atomic mass is 10.1. The van der Waals surface area contributed by atoms with Crippen molar-refractivity contribution in [2.75, 3.05) is 39.5 Å². The predicted octanol–water partition coefficient (Wildman–Crippen LogP) is 2.32. The molecule has 1 atom stereocenters. The van der Waals surface area contributed by atoms with Gasteiger partial charge in [0.1, 0.15) is 0 Å². The van der Waals surface area contributed by atoms with Gasteiger partial charge in [-0.05, 0) is 39.8 Å². The van der Waals surface area contributed by atoms with Crippen LogP contribution in [0.3, 0.4) is 0 Å². The van der Waals surface area contributed by atoms with Gasteiger partial charge in [0.25, 0.3) is 5.91 Å². The van der Waals surface area contributed by atoms with Crippen molar-refractivity contribution in [3.05, 3.63) is 17.7 Å². The number of nitrogens with zero attached hydrogens (tertiary/aromatic N) is 1. The van der Waals surface area contributed by atoms with Crippen LogP contribution in [0.25, 0.3) is 0 Å². The van der Waals surface area contributed by atoms with Gasteiger partial charge in [-0.1, -0.05) is 0 Å². The molecule has 0 saturated carbocycles. The van der Waals surface area contributed by atoms with Crippen molar-refractivity contribution in [2.24, 2.45) is 0 Å². The molecule has 0 aromatic heterocycles. The molecule has 1 amide bonds. The zero-order chi connectivity index (χ0) is 17.5. The van der Waals surface area contributed by atoms with Crippen molar-refractivity contribution in [3.8, 4) is 17.2 Å². The number of hydrogen-bond donors (Lipinski definition) is 1. The highest BCUT2D eigenvalue weighted by Gasteiger charge is 2.26. The summed E-state index contributed by atoms with van der Waals surface area (Å²) < 4.78 is 17.1. The maximum absolute atomic E-state index is 12.9. The van der Waals surface area contributed by atoms with E-state index in [0.29, 0.717) is 49.2 Å². The molecule has 1 heterocycles. The van der Waals surface area contributed by atoms with Crippen LogP contribution in [0.2, 0.25) is 0 Å². The smallest absolute Gasteiger partial charge is 0.254 e. The first-order valence-electron chi connectivity index (χ1n) is 8.70. The van der Waals surface area contributed by atoms with Crippen LogP contribution in [0.5, 0.6) is 17.2 Å². The van der Waals surface area contributed by atoms with Crippen molar-refractivity contribution in [1.29, 1.82) is 0 Å². The fourth-order valence-corrected chi connectivity index (χ4v) is 2.82. The molecular formula is C18H28N2O4. The molecule has 134 valence electrons. The third kappa shape index (κ3) is 4.12. The van der Waals surface area contributed by atoms with E-state index in [4.69, 9.17) is 14.2 Å². The van der Waals surface area contributed by atoms with Crippen molar-refractivity contribution >= 4 is 5.91 Å². The first-order valence-corrected chi connectivity index (χ1v) is 8.70. The van der Waals surface area contributed by atoms with Gasteiger partial charge in [0.05, 0.1) is 19.8 Å². The number of rotatable bonds is 7. The summed E-state index contributed by atoms with van der Waals surface area (Å²) in [6, 6.07) is 3.67. The normalized spacial score (nSPS) is 17.5. The first kappa shape index (κ1) is 18.4. The maximum Gasteiger partial charge on any atom is 0.254 e. The van der Waals surface area contributed by atoms with Crippen molar-refractivity contribution in [2.45, 2.75) is 33.7 Å². The second kappa shape index (κ2) is 8.78. The van der Waals surface area contributed by atoms with Crippen LogP contribution in [-0.2, 0) is 0 Å². The molecule has 1 fully saturated rings. The van der Waals surface area contributed by atoms with Gasteiger partial charge in [-0.2, -0.15) is 0 Å². The van der Waals surface area contributed by atoms with Gasteiger partial charge in [-0.3, -0.25) is 4.79 Å². The third-order valence-electron chi connectivity index (χ3n) is 3.92. The molecule has 1 aromatic carbocycles. The van der Waals surface area contributed by atoms with E-state index in [-0.39, 0.29) is 11.9 Å². The summed E-state index contributed by atoms with van der Waals surface area (Å²) in [5.41, 5.74) is 0.569. The Bertz CT molecular complexity index is 535. The number of benzene rings is 1. The molecule has 1 aliphatic heterocycles. The van der Waals surface area contributed by atoms with E-state index >= 15 is 0 Å².